The van der Waals surface area contributed by atoms with Crippen LogP contribution in [0.1, 0.15) is 0 Å². The standard InChI is InChI=1S/C9H7ClN2O3/c10-6-3-1-2-5-8(6)11-12-9(5)15-4-7(13)14/h1-3H,4H2,(H,11,12)(H,13,14). The van der Waals surface area contributed by atoms with Crippen LogP contribution < -0.4 is 4.74 Å². The third-order valence-corrected chi connectivity index (χ3v) is 2.16. The van der Waals surface area contributed by atoms with Gasteiger partial charge in [0.25, 0.3) is 0 Å². The Bertz CT molecular complexity index is 509. The normalized spacial score (nSPS) is 10.5. The molecule has 1 aromatic heterocycles. The summed E-state index contributed by atoms with van der Waals surface area (Å²) in [4.78, 5) is 10.3. The Hall–Kier alpha value is -1.75. The molecule has 15 heavy (non-hydrogen) atoms. The molecular formula is C9H7ClN2O3. The molecule has 0 amide bonds. The molecule has 1 heterocycles. The highest BCUT2D eigenvalue weighted by Gasteiger charge is 2.09. The summed E-state index contributed by atoms with van der Waals surface area (Å²) in [7, 11) is 0. The fraction of sp³-hybridized carbons (Fsp3) is 0.111. The smallest absolute Gasteiger partial charge is 0.341 e. The summed E-state index contributed by atoms with van der Waals surface area (Å²) in [5.74, 6) is -0.803. The van der Waals surface area contributed by atoms with E-state index in [4.69, 9.17) is 21.4 Å². The largest absolute Gasteiger partial charge is 0.479 e. The highest BCUT2D eigenvalue weighted by atomic mass is 35.5. The van der Waals surface area contributed by atoms with Crippen molar-refractivity contribution in [3.8, 4) is 5.88 Å². The van der Waals surface area contributed by atoms with Gasteiger partial charge in [0, 0.05) is 0 Å². The lowest BCUT2D eigenvalue weighted by Gasteiger charge is -1.98. The number of aliphatic carboxylic acids is 1. The molecule has 2 N–H and O–H groups in total. The number of carboxylic acid groups (broad SMARTS) is 1. The lowest BCUT2D eigenvalue weighted by atomic mass is 10.2. The van der Waals surface area contributed by atoms with Crippen LogP contribution in [-0.2, 0) is 4.79 Å². The monoisotopic (exact) mass is 226 g/mol. The van der Waals surface area contributed by atoms with Crippen LogP contribution in [0.4, 0.5) is 0 Å². The van der Waals surface area contributed by atoms with E-state index >= 15 is 0 Å². The topological polar surface area (TPSA) is 75.2 Å². The van der Waals surface area contributed by atoms with Gasteiger partial charge in [0.2, 0.25) is 5.88 Å². The molecule has 0 aliphatic heterocycles. The zero-order valence-corrected chi connectivity index (χ0v) is 8.28. The number of nitrogens with one attached hydrogen (secondary N) is 1. The second-order valence-corrected chi connectivity index (χ2v) is 3.28. The molecule has 0 aliphatic carbocycles. The summed E-state index contributed by atoms with van der Waals surface area (Å²) in [6.45, 7) is -0.424. The summed E-state index contributed by atoms with van der Waals surface area (Å²) in [5.41, 5.74) is 0.638. The molecule has 0 fully saturated rings. The number of H-pyrrole nitrogens is 1. The molecule has 0 saturated heterocycles. The van der Waals surface area contributed by atoms with Gasteiger partial charge in [-0.15, -0.1) is 5.10 Å². The van der Waals surface area contributed by atoms with E-state index in [-0.39, 0.29) is 5.88 Å². The number of aromatic amines is 1. The van der Waals surface area contributed by atoms with Crippen LogP contribution in [0.25, 0.3) is 10.9 Å². The van der Waals surface area contributed by atoms with Crippen molar-refractivity contribution in [1.29, 1.82) is 0 Å². The molecule has 0 bridgehead atoms. The van der Waals surface area contributed by atoms with Gasteiger partial charge in [-0.2, -0.15) is 0 Å². The number of rotatable bonds is 3. The van der Waals surface area contributed by atoms with Crippen LogP contribution in [0.2, 0.25) is 5.02 Å². The van der Waals surface area contributed by atoms with Crippen LogP contribution in [0.15, 0.2) is 18.2 Å². The number of ether oxygens (including phenoxy) is 1. The van der Waals surface area contributed by atoms with Crippen molar-refractivity contribution in [2.24, 2.45) is 0 Å². The summed E-state index contributed by atoms with van der Waals surface area (Å²) in [6, 6.07) is 5.21. The number of halogens is 1. The number of carbonyl (C=O) groups is 1. The van der Waals surface area contributed by atoms with E-state index in [1.54, 1.807) is 18.2 Å². The molecule has 78 valence electrons. The Morgan fingerprint density at radius 1 is 1.60 bits per heavy atom. The van der Waals surface area contributed by atoms with E-state index in [0.29, 0.717) is 15.9 Å². The Morgan fingerprint density at radius 3 is 3.13 bits per heavy atom. The zero-order chi connectivity index (χ0) is 10.8. The summed E-state index contributed by atoms with van der Waals surface area (Å²) < 4.78 is 4.98. The molecule has 0 atom stereocenters. The minimum Gasteiger partial charge on any atom is -0.479 e. The van der Waals surface area contributed by atoms with E-state index < -0.39 is 12.6 Å². The molecule has 2 rings (SSSR count). The number of nitrogens with zero attached hydrogens (tertiary/aromatic N) is 1. The van der Waals surface area contributed by atoms with E-state index in [9.17, 15) is 4.79 Å². The number of benzene rings is 1. The molecular weight excluding hydrogens is 220 g/mol. The van der Waals surface area contributed by atoms with Crippen molar-refractivity contribution >= 4 is 28.5 Å². The van der Waals surface area contributed by atoms with Crippen molar-refractivity contribution in [1.82, 2.24) is 10.2 Å². The number of fused-ring (bicyclic) bond motifs is 1. The first-order valence-electron chi connectivity index (χ1n) is 4.15. The predicted molar refractivity (Wildman–Crippen MR) is 54.2 cm³/mol. The average molecular weight is 227 g/mol. The van der Waals surface area contributed by atoms with E-state index in [1.165, 1.54) is 0 Å². The Morgan fingerprint density at radius 2 is 2.40 bits per heavy atom. The Balaban J connectivity index is 2.37. The highest BCUT2D eigenvalue weighted by Crippen LogP contribution is 2.27. The molecule has 5 nitrogen and oxygen atoms in total. The van der Waals surface area contributed by atoms with Gasteiger partial charge in [-0.05, 0) is 12.1 Å². The Labute approximate surface area is 89.6 Å². The van der Waals surface area contributed by atoms with Crippen molar-refractivity contribution in [3.05, 3.63) is 23.2 Å². The first-order valence-corrected chi connectivity index (χ1v) is 4.53. The highest BCUT2D eigenvalue weighted by molar-refractivity contribution is 6.35. The van der Waals surface area contributed by atoms with Gasteiger partial charge >= 0.3 is 5.97 Å². The van der Waals surface area contributed by atoms with Gasteiger partial charge in [-0.1, -0.05) is 17.7 Å². The SMILES string of the molecule is O=C(O)COc1n[nH]c2c(Cl)cccc12. The summed E-state index contributed by atoms with van der Waals surface area (Å²) in [5, 5.41) is 16.2. The van der Waals surface area contributed by atoms with Crippen LogP contribution in [-0.4, -0.2) is 27.9 Å². The first-order chi connectivity index (χ1) is 7.18. The third-order valence-electron chi connectivity index (χ3n) is 1.85. The minimum atomic E-state index is -1.05. The zero-order valence-electron chi connectivity index (χ0n) is 7.53. The van der Waals surface area contributed by atoms with Gasteiger partial charge in [-0.3, -0.25) is 5.10 Å². The van der Waals surface area contributed by atoms with E-state index in [2.05, 4.69) is 10.2 Å². The molecule has 1 aromatic carbocycles. The van der Waals surface area contributed by atoms with E-state index in [1.807, 2.05) is 0 Å². The maximum absolute atomic E-state index is 10.3. The molecule has 0 radical (unpaired) electrons. The van der Waals surface area contributed by atoms with Crippen molar-refractivity contribution in [2.75, 3.05) is 6.61 Å². The lowest BCUT2D eigenvalue weighted by Crippen LogP contribution is -2.09. The van der Waals surface area contributed by atoms with Crippen molar-refractivity contribution in [3.63, 3.8) is 0 Å². The number of aromatic nitrogens is 2. The molecule has 2 aromatic rings. The fourth-order valence-electron chi connectivity index (χ4n) is 1.22. The quantitative estimate of drug-likeness (QED) is 0.835. The number of para-hydroxylation sites is 1. The van der Waals surface area contributed by atoms with Gasteiger partial charge in [0.05, 0.1) is 15.9 Å². The summed E-state index contributed by atoms with van der Waals surface area (Å²) >= 11 is 5.89. The molecule has 0 saturated carbocycles. The van der Waals surface area contributed by atoms with Gasteiger partial charge in [0.15, 0.2) is 6.61 Å². The number of hydrogen-bond donors (Lipinski definition) is 2. The second kappa shape index (κ2) is 3.78. The van der Waals surface area contributed by atoms with Crippen molar-refractivity contribution < 1.29 is 14.6 Å². The maximum Gasteiger partial charge on any atom is 0.341 e. The third kappa shape index (κ3) is 1.87. The number of carboxylic acids is 1. The van der Waals surface area contributed by atoms with Gasteiger partial charge in [0.1, 0.15) is 0 Å². The fourth-order valence-corrected chi connectivity index (χ4v) is 1.44. The lowest BCUT2D eigenvalue weighted by molar-refractivity contribution is -0.139. The second-order valence-electron chi connectivity index (χ2n) is 2.87. The van der Waals surface area contributed by atoms with Crippen LogP contribution in [0, 0.1) is 0 Å². The molecule has 0 aliphatic rings. The van der Waals surface area contributed by atoms with Gasteiger partial charge in [-0.25, -0.2) is 4.79 Å². The molecule has 0 unspecified atom stereocenters. The number of hydrogen-bond acceptors (Lipinski definition) is 3. The Kier molecular flexibility index (Phi) is 2.47. The molecule has 0 spiro atoms. The average Bonchev–Trinajstić information content (AvgIpc) is 2.59. The van der Waals surface area contributed by atoms with Crippen LogP contribution in [0.5, 0.6) is 5.88 Å². The van der Waals surface area contributed by atoms with Crippen molar-refractivity contribution in [2.45, 2.75) is 0 Å². The van der Waals surface area contributed by atoms with Crippen LogP contribution >= 0.6 is 11.6 Å². The predicted octanol–water partition coefficient (Wildman–Crippen LogP) is 1.68. The minimum absolute atomic E-state index is 0.245. The maximum atomic E-state index is 10.3. The molecule has 6 heteroatoms. The van der Waals surface area contributed by atoms with Crippen LogP contribution in [0.3, 0.4) is 0 Å². The summed E-state index contributed by atoms with van der Waals surface area (Å²) in [6.07, 6.45) is 0. The first kappa shape index (κ1) is 9.79. The van der Waals surface area contributed by atoms with Gasteiger partial charge < -0.3 is 9.84 Å². The van der Waals surface area contributed by atoms with E-state index in [0.717, 1.165) is 0 Å².